The predicted octanol–water partition coefficient (Wildman–Crippen LogP) is 2.97. The van der Waals surface area contributed by atoms with Crippen molar-refractivity contribution < 1.29 is 4.79 Å². The van der Waals surface area contributed by atoms with Gasteiger partial charge < -0.3 is 11.1 Å². The number of carbonyl (C=O) groups excluding carboxylic acids is 1. The van der Waals surface area contributed by atoms with Crippen LogP contribution in [0.25, 0.3) is 6.08 Å². The summed E-state index contributed by atoms with van der Waals surface area (Å²) in [5, 5.41) is 3.02. The average molecular weight is 274 g/mol. The van der Waals surface area contributed by atoms with E-state index in [-0.39, 0.29) is 5.91 Å². The number of hydrogen-bond donors (Lipinski definition) is 2. The van der Waals surface area contributed by atoms with Crippen molar-refractivity contribution in [2.24, 2.45) is 0 Å². The largest absolute Gasteiger partial charge is 0.399 e. The Morgan fingerprint density at radius 1 is 1.26 bits per heavy atom. The van der Waals surface area contributed by atoms with Crippen LogP contribution in [0.3, 0.4) is 0 Å². The highest BCUT2D eigenvalue weighted by molar-refractivity contribution is 6.29. The minimum Gasteiger partial charge on any atom is -0.399 e. The van der Waals surface area contributed by atoms with E-state index in [9.17, 15) is 4.79 Å². The summed E-state index contributed by atoms with van der Waals surface area (Å²) in [6, 6.07) is 10.5. The molecule has 0 radical (unpaired) electrons. The number of amides is 1. The number of anilines is 2. The van der Waals surface area contributed by atoms with Gasteiger partial charge in [-0.1, -0.05) is 23.7 Å². The molecule has 0 saturated carbocycles. The lowest BCUT2D eigenvalue weighted by Crippen LogP contribution is -2.07. The van der Waals surface area contributed by atoms with Gasteiger partial charge in [-0.05, 0) is 35.9 Å². The van der Waals surface area contributed by atoms with Gasteiger partial charge in [0.25, 0.3) is 0 Å². The summed E-state index contributed by atoms with van der Waals surface area (Å²) < 4.78 is 0. The van der Waals surface area contributed by atoms with Crippen LogP contribution < -0.4 is 11.1 Å². The van der Waals surface area contributed by atoms with Gasteiger partial charge in [0.15, 0.2) is 0 Å². The molecule has 0 bridgehead atoms. The molecule has 0 aliphatic rings. The smallest absolute Gasteiger partial charge is 0.248 e. The standard InChI is InChI=1S/C14H12ClN3O/c15-13-9-12(7-8-17-13)18-14(19)6-3-10-1-4-11(16)5-2-10/h1-9H,16H2,(H,17,18,19)/b6-3+. The van der Waals surface area contributed by atoms with Gasteiger partial charge in [0.2, 0.25) is 5.91 Å². The van der Waals surface area contributed by atoms with Crippen molar-refractivity contribution in [3.63, 3.8) is 0 Å². The molecular formula is C14H12ClN3O. The van der Waals surface area contributed by atoms with Gasteiger partial charge in [-0.3, -0.25) is 4.79 Å². The Balaban J connectivity index is 1.99. The first-order valence-electron chi connectivity index (χ1n) is 5.59. The number of pyridine rings is 1. The quantitative estimate of drug-likeness (QED) is 0.513. The number of nitrogens with zero attached hydrogens (tertiary/aromatic N) is 1. The van der Waals surface area contributed by atoms with Crippen LogP contribution in [0.4, 0.5) is 11.4 Å². The highest BCUT2D eigenvalue weighted by Gasteiger charge is 1.98. The van der Waals surface area contributed by atoms with Crippen LogP contribution in [-0.2, 0) is 4.79 Å². The summed E-state index contributed by atoms with van der Waals surface area (Å²) in [5.74, 6) is -0.237. The summed E-state index contributed by atoms with van der Waals surface area (Å²) in [6.45, 7) is 0. The summed E-state index contributed by atoms with van der Waals surface area (Å²) in [7, 11) is 0. The van der Waals surface area contributed by atoms with Gasteiger partial charge in [-0.15, -0.1) is 0 Å². The van der Waals surface area contributed by atoms with Crippen LogP contribution in [0.2, 0.25) is 5.15 Å². The number of rotatable bonds is 3. The average Bonchev–Trinajstić information content (AvgIpc) is 2.38. The molecule has 2 rings (SSSR count). The first-order chi connectivity index (χ1) is 9.13. The molecule has 0 aliphatic heterocycles. The van der Waals surface area contributed by atoms with Crippen molar-refractivity contribution in [2.75, 3.05) is 11.1 Å². The predicted molar refractivity (Wildman–Crippen MR) is 77.8 cm³/mol. The second kappa shape index (κ2) is 6.02. The molecule has 3 N–H and O–H groups in total. The maximum absolute atomic E-state index is 11.7. The van der Waals surface area contributed by atoms with Crippen LogP contribution >= 0.6 is 11.6 Å². The molecule has 0 saturated heterocycles. The van der Waals surface area contributed by atoms with E-state index in [1.807, 2.05) is 12.1 Å². The molecular weight excluding hydrogens is 262 g/mol. The van der Waals surface area contributed by atoms with E-state index in [0.29, 0.717) is 16.5 Å². The van der Waals surface area contributed by atoms with E-state index in [4.69, 9.17) is 17.3 Å². The lowest BCUT2D eigenvalue weighted by atomic mass is 10.2. The van der Waals surface area contributed by atoms with Gasteiger partial charge in [-0.2, -0.15) is 0 Å². The maximum atomic E-state index is 11.7. The number of nitrogen functional groups attached to an aromatic ring is 1. The Hall–Kier alpha value is -2.33. The van der Waals surface area contributed by atoms with Crippen molar-refractivity contribution >= 4 is 35.0 Å². The molecule has 2 aromatic rings. The summed E-state index contributed by atoms with van der Waals surface area (Å²) in [4.78, 5) is 15.5. The Bertz CT molecular complexity index is 608. The third-order valence-corrected chi connectivity index (χ3v) is 2.56. The third kappa shape index (κ3) is 4.12. The van der Waals surface area contributed by atoms with E-state index in [1.54, 1.807) is 30.3 Å². The molecule has 5 heteroatoms. The fraction of sp³-hybridized carbons (Fsp3) is 0. The van der Waals surface area contributed by atoms with E-state index in [0.717, 1.165) is 5.56 Å². The van der Waals surface area contributed by atoms with E-state index in [1.165, 1.54) is 12.3 Å². The number of nitrogens with one attached hydrogen (secondary N) is 1. The second-order valence-electron chi connectivity index (χ2n) is 3.86. The highest BCUT2D eigenvalue weighted by Crippen LogP contribution is 2.12. The SMILES string of the molecule is Nc1ccc(/C=C/C(=O)Nc2ccnc(Cl)c2)cc1. The number of aromatic nitrogens is 1. The van der Waals surface area contributed by atoms with Gasteiger partial charge in [0.1, 0.15) is 5.15 Å². The Morgan fingerprint density at radius 3 is 2.68 bits per heavy atom. The Kier molecular flexibility index (Phi) is 4.15. The topological polar surface area (TPSA) is 68.0 Å². The number of halogens is 1. The second-order valence-corrected chi connectivity index (χ2v) is 4.24. The van der Waals surface area contributed by atoms with Crippen LogP contribution in [-0.4, -0.2) is 10.9 Å². The van der Waals surface area contributed by atoms with Crippen LogP contribution in [0.5, 0.6) is 0 Å². The molecule has 1 heterocycles. The molecule has 0 aliphatic carbocycles. The monoisotopic (exact) mass is 273 g/mol. The summed E-state index contributed by atoms with van der Waals surface area (Å²) in [6.07, 6.45) is 4.68. The van der Waals surface area contributed by atoms with Crippen molar-refractivity contribution in [2.45, 2.75) is 0 Å². The van der Waals surface area contributed by atoms with Gasteiger partial charge in [-0.25, -0.2) is 4.98 Å². The van der Waals surface area contributed by atoms with Gasteiger partial charge in [0, 0.05) is 23.6 Å². The molecule has 0 atom stereocenters. The first kappa shape index (κ1) is 13.1. The van der Waals surface area contributed by atoms with Gasteiger partial charge in [0.05, 0.1) is 0 Å². The number of nitrogens with two attached hydrogens (primary N) is 1. The van der Waals surface area contributed by atoms with E-state index < -0.39 is 0 Å². The minimum absolute atomic E-state index is 0.237. The highest BCUT2D eigenvalue weighted by atomic mass is 35.5. The summed E-state index contributed by atoms with van der Waals surface area (Å²) in [5.41, 5.74) is 7.77. The maximum Gasteiger partial charge on any atom is 0.248 e. The zero-order valence-electron chi connectivity index (χ0n) is 10.0. The summed E-state index contributed by atoms with van der Waals surface area (Å²) >= 11 is 5.72. The fourth-order valence-corrected chi connectivity index (χ4v) is 1.62. The lowest BCUT2D eigenvalue weighted by Gasteiger charge is -2.01. The van der Waals surface area contributed by atoms with E-state index in [2.05, 4.69) is 10.3 Å². The third-order valence-electron chi connectivity index (χ3n) is 2.36. The molecule has 0 unspecified atom stereocenters. The normalized spacial score (nSPS) is 10.6. The lowest BCUT2D eigenvalue weighted by molar-refractivity contribution is -0.111. The Morgan fingerprint density at radius 2 is 2.00 bits per heavy atom. The van der Waals surface area contributed by atoms with Crippen molar-refractivity contribution in [1.29, 1.82) is 0 Å². The zero-order valence-corrected chi connectivity index (χ0v) is 10.8. The first-order valence-corrected chi connectivity index (χ1v) is 5.97. The molecule has 1 aromatic heterocycles. The van der Waals surface area contributed by atoms with Crippen molar-refractivity contribution in [1.82, 2.24) is 4.98 Å². The molecule has 1 aromatic carbocycles. The zero-order chi connectivity index (χ0) is 13.7. The molecule has 4 nitrogen and oxygen atoms in total. The molecule has 96 valence electrons. The Labute approximate surface area is 115 Å². The molecule has 19 heavy (non-hydrogen) atoms. The van der Waals surface area contributed by atoms with Crippen molar-refractivity contribution in [3.8, 4) is 0 Å². The fourth-order valence-electron chi connectivity index (χ4n) is 1.44. The molecule has 0 spiro atoms. The molecule has 0 fully saturated rings. The number of benzene rings is 1. The number of carbonyl (C=O) groups is 1. The van der Waals surface area contributed by atoms with Crippen molar-refractivity contribution in [3.05, 3.63) is 59.4 Å². The minimum atomic E-state index is -0.237. The van der Waals surface area contributed by atoms with Crippen LogP contribution in [0.15, 0.2) is 48.7 Å². The van der Waals surface area contributed by atoms with Crippen LogP contribution in [0, 0.1) is 0 Å². The molecule has 1 amide bonds. The number of hydrogen-bond acceptors (Lipinski definition) is 3. The van der Waals surface area contributed by atoms with E-state index >= 15 is 0 Å². The van der Waals surface area contributed by atoms with Crippen LogP contribution in [0.1, 0.15) is 5.56 Å². The van der Waals surface area contributed by atoms with Gasteiger partial charge >= 0.3 is 0 Å².